The lowest BCUT2D eigenvalue weighted by molar-refractivity contribution is 0.100. The highest BCUT2D eigenvalue weighted by Gasteiger charge is 2.21. The van der Waals surface area contributed by atoms with Crippen LogP contribution >= 0.6 is 0 Å². The Balaban J connectivity index is 1.33. The second kappa shape index (κ2) is 9.16. The number of aromatic nitrogens is 2. The standard InChI is InChI=1S/C26H26N6O/c27-24(33)20-10-12-21(13-11-20)31-14-16-32(17-15-31)26-29-23-9-5-4-8-22(23)25(30-26)28-18-19-6-2-1-3-7-19/h1-13H,14-18H2,(H2,27,33)(H,28,29,30). The van der Waals surface area contributed by atoms with Crippen molar-refractivity contribution in [1.29, 1.82) is 0 Å². The third-order valence-electron chi connectivity index (χ3n) is 5.97. The summed E-state index contributed by atoms with van der Waals surface area (Å²) in [6.07, 6.45) is 0. The van der Waals surface area contributed by atoms with Crippen molar-refractivity contribution in [1.82, 2.24) is 9.97 Å². The number of hydrogen-bond donors (Lipinski definition) is 2. The minimum atomic E-state index is -0.406. The SMILES string of the molecule is NC(=O)c1ccc(N2CCN(c3nc(NCc4ccccc4)c4ccccc4n3)CC2)cc1. The lowest BCUT2D eigenvalue weighted by Gasteiger charge is -2.36. The molecule has 2 heterocycles. The number of nitrogens with one attached hydrogen (secondary N) is 1. The maximum Gasteiger partial charge on any atom is 0.248 e. The number of fused-ring (bicyclic) bond motifs is 1. The molecule has 0 aliphatic carbocycles. The number of rotatable bonds is 6. The first kappa shape index (κ1) is 20.8. The average Bonchev–Trinajstić information content (AvgIpc) is 2.88. The molecule has 0 unspecified atom stereocenters. The van der Waals surface area contributed by atoms with E-state index >= 15 is 0 Å². The molecule has 1 amide bonds. The smallest absolute Gasteiger partial charge is 0.248 e. The van der Waals surface area contributed by atoms with Crippen LogP contribution in [0.4, 0.5) is 17.5 Å². The summed E-state index contributed by atoms with van der Waals surface area (Å²) in [5.74, 6) is 1.19. The Kier molecular flexibility index (Phi) is 5.76. The predicted octanol–water partition coefficient (Wildman–Crippen LogP) is 3.67. The maximum absolute atomic E-state index is 11.3. The van der Waals surface area contributed by atoms with E-state index in [9.17, 15) is 4.79 Å². The summed E-state index contributed by atoms with van der Waals surface area (Å²) < 4.78 is 0. The van der Waals surface area contributed by atoms with Gasteiger partial charge in [-0.3, -0.25) is 4.79 Å². The molecule has 1 aliphatic rings. The van der Waals surface area contributed by atoms with Crippen LogP contribution in [-0.2, 0) is 6.54 Å². The third kappa shape index (κ3) is 4.57. The van der Waals surface area contributed by atoms with E-state index < -0.39 is 5.91 Å². The lowest BCUT2D eigenvalue weighted by Crippen LogP contribution is -2.47. The van der Waals surface area contributed by atoms with Crippen LogP contribution in [0.1, 0.15) is 15.9 Å². The fraction of sp³-hybridized carbons (Fsp3) is 0.192. The van der Waals surface area contributed by atoms with Gasteiger partial charge in [-0.05, 0) is 42.0 Å². The molecule has 1 fully saturated rings. The first-order valence-electron chi connectivity index (χ1n) is 11.1. The molecule has 7 nitrogen and oxygen atoms in total. The van der Waals surface area contributed by atoms with Gasteiger partial charge in [-0.1, -0.05) is 42.5 Å². The number of piperazine rings is 1. The number of nitrogens with zero attached hydrogens (tertiary/aromatic N) is 4. The van der Waals surface area contributed by atoms with Crippen molar-refractivity contribution in [3.8, 4) is 0 Å². The van der Waals surface area contributed by atoms with Gasteiger partial charge in [0.15, 0.2) is 0 Å². The van der Waals surface area contributed by atoms with Gasteiger partial charge < -0.3 is 20.9 Å². The van der Waals surface area contributed by atoms with Crippen LogP contribution in [0.15, 0.2) is 78.9 Å². The van der Waals surface area contributed by atoms with E-state index in [1.54, 1.807) is 12.1 Å². The highest BCUT2D eigenvalue weighted by atomic mass is 16.1. The summed E-state index contributed by atoms with van der Waals surface area (Å²) >= 11 is 0. The van der Waals surface area contributed by atoms with Crippen molar-refractivity contribution in [3.63, 3.8) is 0 Å². The molecule has 33 heavy (non-hydrogen) atoms. The summed E-state index contributed by atoms with van der Waals surface area (Å²) in [6, 6.07) is 25.9. The van der Waals surface area contributed by atoms with Gasteiger partial charge in [0.25, 0.3) is 0 Å². The second-order valence-electron chi connectivity index (χ2n) is 8.11. The number of amides is 1. The Morgan fingerprint density at radius 3 is 2.21 bits per heavy atom. The number of nitrogens with two attached hydrogens (primary N) is 1. The zero-order chi connectivity index (χ0) is 22.6. The van der Waals surface area contributed by atoms with Crippen molar-refractivity contribution in [2.75, 3.05) is 41.3 Å². The van der Waals surface area contributed by atoms with Crippen LogP contribution in [0.2, 0.25) is 0 Å². The van der Waals surface area contributed by atoms with Crippen molar-refractivity contribution < 1.29 is 4.79 Å². The van der Waals surface area contributed by atoms with E-state index in [-0.39, 0.29) is 0 Å². The molecule has 0 radical (unpaired) electrons. The Bertz CT molecular complexity index is 1250. The van der Waals surface area contributed by atoms with Crippen LogP contribution in [0, 0.1) is 0 Å². The molecule has 3 aromatic carbocycles. The Morgan fingerprint density at radius 2 is 1.48 bits per heavy atom. The van der Waals surface area contributed by atoms with E-state index in [0.29, 0.717) is 12.1 Å². The summed E-state index contributed by atoms with van der Waals surface area (Å²) in [5.41, 5.74) is 9.10. The minimum absolute atomic E-state index is 0.406. The van der Waals surface area contributed by atoms with Crippen LogP contribution < -0.4 is 20.9 Å². The normalized spacial score (nSPS) is 13.8. The van der Waals surface area contributed by atoms with E-state index in [2.05, 4.69) is 33.3 Å². The third-order valence-corrected chi connectivity index (χ3v) is 5.97. The van der Waals surface area contributed by atoms with Crippen LogP contribution in [0.3, 0.4) is 0 Å². The van der Waals surface area contributed by atoms with Crippen LogP contribution in [0.5, 0.6) is 0 Å². The average molecular weight is 439 g/mol. The van der Waals surface area contributed by atoms with E-state index in [1.165, 1.54) is 5.56 Å². The quantitative estimate of drug-likeness (QED) is 0.478. The van der Waals surface area contributed by atoms with Crippen molar-refractivity contribution in [2.45, 2.75) is 6.54 Å². The summed E-state index contributed by atoms with van der Waals surface area (Å²) in [4.78, 5) is 25.6. The predicted molar refractivity (Wildman–Crippen MR) is 133 cm³/mol. The minimum Gasteiger partial charge on any atom is -0.368 e. The number of carbonyl (C=O) groups excluding carboxylic acids is 1. The largest absolute Gasteiger partial charge is 0.368 e. The van der Waals surface area contributed by atoms with Gasteiger partial charge in [-0.25, -0.2) is 4.98 Å². The van der Waals surface area contributed by atoms with E-state index in [4.69, 9.17) is 15.7 Å². The molecular weight excluding hydrogens is 412 g/mol. The molecule has 166 valence electrons. The lowest BCUT2D eigenvalue weighted by atomic mass is 10.1. The maximum atomic E-state index is 11.3. The summed E-state index contributed by atoms with van der Waals surface area (Å²) in [7, 11) is 0. The summed E-state index contributed by atoms with van der Waals surface area (Å²) in [5, 5.41) is 4.53. The van der Waals surface area contributed by atoms with Crippen molar-refractivity contribution in [3.05, 3.63) is 90.0 Å². The van der Waals surface area contributed by atoms with Gasteiger partial charge in [-0.2, -0.15) is 4.98 Å². The summed E-state index contributed by atoms with van der Waals surface area (Å²) in [6.45, 7) is 4.02. The molecule has 5 rings (SSSR count). The number of hydrogen-bond acceptors (Lipinski definition) is 6. The van der Waals surface area contributed by atoms with Gasteiger partial charge in [0.1, 0.15) is 5.82 Å². The fourth-order valence-electron chi connectivity index (χ4n) is 4.12. The molecule has 3 N–H and O–H groups in total. The Hall–Kier alpha value is -4.13. The Morgan fingerprint density at radius 1 is 0.818 bits per heavy atom. The van der Waals surface area contributed by atoms with E-state index in [0.717, 1.165) is 54.5 Å². The topological polar surface area (TPSA) is 87.4 Å². The number of benzene rings is 3. The van der Waals surface area contributed by atoms with E-state index in [1.807, 2.05) is 48.5 Å². The molecule has 1 saturated heterocycles. The molecule has 7 heteroatoms. The number of primary amides is 1. The van der Waals surface area contributed by atoms with Crippen LogP contribution in [0.25, 0.3) is 10.9 Å². The monoisotopic (exact) mass is 438 g/mol. The molecule has 1 aliphatic heterocycles. The number of carbonyl (C=O) groups is 1. The number of anilines is 3. The van der Waals surface area contributed by atoms with Gasteiger partial charge >= 0.3 is 0 Å². The molecule has 1 aromatic heterocycles. The molecule has 0 atom stereocenters. The fourth-order valence-corrected chi connectivity index (χ4v) is 4.12. The highest BCUT2D eigenvalue weighted by Crippen LogP contribution is 2.25. The highest BCUT2D eigenvalue weighted by molar-refractivity contribution is 5.93. The first-order valence-corrected chi connectivity index (χ1v) is 11.1. The van der Waals surface area contributed by atoms with Crippen LogP contribution in [-0.4, -0.2) is 42.1 Å². The van der Waals surface area contributed by atoms with Gasteiger partial charge in [0.2, 0.25) is 11.9 Å². The molecule has 0 spiro atoms. The molecule has 4 aromatic rings. The zero-order valence-corrected chi connectivity index (χ0v) is 18.3. The van der Waals surface area contributed by atoms with Gasteiger partial charge in [-0.15, -0.1) is 0 Å². The number of para-hydroxylation sites is 1. The molecule has 0 bridgehead atoms. The Labute approximate surface area is 192 Å². The van der Waals surface area contributed by atoms with Gasteiger partial charge in [0.05, 0.1) is 5.52 Å². The molecular formula is C26H26N6O. The van der Waals surface area contributed by atoms with Crippen molar-refractivity contribution in [2.24, 2.45) is 5.73 Å². The van der Waals surface area contributed by atoms with Crippen molar-refractivity contribution >= 4 is 34.3 Å². The molecule has 0 saturated carbocycles. The first-order chi connectivity index (χ1) is 16.2. The zero-order valence-electron chi connectivity index (χ0n) is 18.3. The van der Waals surface area contributed by atoms with Gasteiger partial charge in [0, 0.05) is 49.4 Å². The second-order valence-corrected chi connectivity index (χ2v) is 8.11.